The van der Waals surface area contributed by atoms with Gasteiger partial charge in [0.1, 0.15) is 18.7 Å². The Labute approximate surface area is 154 Å². The molecule has 0 saturated heterocycles. The van der Waals surface area contributed by atoms with Gasteiger partial charge in [0.25, 0.3) is 0 Å². The highest BCUT2D eigenvalue weighted by atomic mass is 16.5. The van der Waals surface area contributed by atoms with Crippen LogP contribution < -0.4 is 14.8 Å². The number of ether oxygens (including phenoxy) is 2. The van der Waals surface area contributed by atoms with E-state index in [0.29, 0.717) is 13.1 Å². The highest BCUT2D eigenvalue weighted by Gasteiger charge is 2.13. The molecule has 8 nitrogen and oxygen atoms in total. The van der Waals surface area contributed by atoms with Crippen LogP contribution in [0.2, 0.25) is 0 Å². The monoisotopic (exact) mass is 360 g/mol. The van der Waals surface area contributed by atoms with Crippen LogP contribution in [0.4, 0.5) is 0 Å². The van der Waals surface area contributed by atoms with Gasteiger partial charge in [-0.2, -0.15) is 5.10 Å². The van der Waals surface area contributed by atoms with Gasteiger partial charge in [-0.25, -0.2) is 9.98 Å². The van der Waals surface area contributed by atoms with Gasteiger partial charge < -0.3 is 19.7 Å². The third-order valence-corrected chi connectivity index (χ3v) is 4.12. The van der Waals surface area contributed by atoms with Gasteiger partial charge in [0.2, 0.25) is 0 Å². The molecule has 1 heterocycles. The molecule has 0 fully saturated rings. The van der Waals surface area contributed by atoms with E-state index in [9.17, 15) is 0 Å². The Balaban J connectivity index is 2.19. The maximum atomic E-state index is 5.42. The van der Waals surface area contributed by atoms with Crippen LogP contribution >= 0.6 is 0 Å². The van der Waals surface area contributed by atoms with Crippen LogP contribution in [-0.4, -0.2) is 53.4 Å². The lowest BCUT2D eigenvalue weighted by Gasteiger charge is -2.23. The predicted octanol–water partition coefficient (Wildman–Crippen LogP) is 1.74. The zero-order valence-electron chi connectivity index (χ0n) is 16.4. The molecule has 8 heteroatoms. The first-order valence-electron chi connectivity index (χ1n) is 8.53. The van der Waals surface area contributed by atoms with Crippen LogP contribution in [0.1, 0.15) is 23.9 Å². The van der Waals surface area contributed by atoms with E-state index in [0.717, 1.165) is 41.0 Å². The Bertz CT molecular complexity index is 756. The number of methoxy groups -OCH3 is 2. The molecule has 0 aliphatic rings. The van der Waals surface area contributed by atoms with Gasteiger partial charge in [0, 0.05) is 27.2 Å². The Hall–Kier alpha value is -2.77. The second kappa shape index (κ2) is 9.07. The van der Waals surface area contributed by atoms with Crippen molar-refractivity contribution >= 4 is 5.96 Å². The van der Waals surface area contributed by atoms with E-state index in [-0.39, 0.29) is 0 Å². The summed E-state index contributed by atoms with van der Waals surface area (Å²) in [7, 11) is 7.16. The molecule has 1 aromatic carbocycles. The molecule has 0 bridgehead atoms. The summed E-state index contributed by atoms with van der Waals surface area (Å²) in [5.41, 5.74) is 2.29. The number of aryl methyl sites for hydroxylation is 2. The second-order valence-corrected chi connectivity index (χ2v) is 5.96. The number of guanidine groups is 1. The highest BCUT2D eigenvalue weighted by molar-refractivity contribution is 5.79. The second-order valence-electron chi connectivity index (χ2n) is 5.96. The zero-order valence-corrected chi connectivity index (χ0v) is 16.4. The molecule has 26 heavy (non-hydrogen) atoms. The number of hydrogen-bond donors (Lipinski definition) is 1. The lowest BCUT2D eigenvalue weighted by Crippen LogP contribution is -2.38. The summed E-state index contributed by atoms with van der Waals surface area (Å²) in [5.74, 6) is 3.09. The van der Waals surface area contributed by atoms with Gasteiger partial charge in [0.05, 0.1) is 14.2 Å². The minimum atomic E-state index is 0.466. The molecule has 0 spiro atoms. The topological polar surface area (TPSA) is 76.8 Å². The molecular formula is C18H28N6O2. The molecule has 0 atom stereocenters. The molecule has 1 aromatic heterocycles. The van der Waals surface area contributed by atoms with Crippen molar-refractivity contribution < 1.29 is 9.47 Å². The van der Waals surface area contributed by atoms with E-state index < -0.39 is 0 Å². The Morgan fingerprint density at radius 1 is 1.27 bits per heavy atom. The fourth-order valence-corrected chi connectivity index (χ4v) is 2.60. The van der Waals surface area contributed by atoms with Crippen LogP contribution in [0.5, 0.6) is 11.5 Å². The third kappa shape index (κ3) is 4.65. The first kappa shape index (κ1) is 19.6. The van der Waals surface area contributed by atoms with Crippen LogP contribution in [0.3, 0.4) is 0 Å². The van der Waals surface area contributed by atoms with Crippen LogP contribution in [0, 0.1) is 6.92 Å². The number of nitrogens with zero attached hydrogens (tertiary/aromatic N) is 5. The van der Waals surface area contributed by atoms with Crippen molar-refractivity contribution in [3.8, 4) is 11.5 Å². The van der Waals surface area contributed by atoms with E-state index >= 15 is 0 Å². The summed E-state index contributed by atoms with van der Waals surface area (Å²) in [6.45, 7) is 6.06. The summed E-state index contributed by atoms with van der Waals surface area (Å²) in [5, 5.41) is 7.39. The van der Waals surface area contributed by atoms with Gasteiger partial charge in [-0.05, 0) is 37.1 Å². The lowest BCUT2D eigenvalue weighted by molar-refractivity contribution is 0.353. The maximum Gasteiger partial charge on any atom is 0.194 e. The first-order valence-corrected chi connectivity index (χ1v) is 8.53. The largest absolute Gasteiger partial charge is 0.493 e. The van der Waals surface area contributed by atoms with E-state index in [1.54, 1.807) is 18.9 Å². The van der Waals surface area contributed by atoms with E-state index in [2.05, 4.69) is 32.2 Å². The van der Waals surface area contributed by atoms with Crippen LogP contribution in [0.25, 0.3) is 0 Å². The van der Waals surface area contributed by atoms with Crippen molar-refractivity contribution in [3.05, 3.63) is 35.4 Å². The van der Waals surface area contributed by atoms with Gasteiger partial charge >= 0.3 is 0 Å². The minimum absolute atomic E-state index is 0.466. The molecule has 2 rings (SSSR count). The average molecular weight is 360 g/mol. The molecule has 142 valence electrons. The molecule has 0 amide bonds. The molecule has 2 aromatic rings. The molecule has 1 N–H and O–H groups in total. The molecular weight excluding hydrogens is 332 g/mol. The number of aliphatic imine (C=N–C) groups is 1. The van der Waals surface area contributed by atoms with E-state index in [4.69, 9.17) is 9.47 Å². The zero-order chi connectivity index (χ0) is 19.1. The fraction of sp³-hybridized carbons (Fsp3) is 0.500. The number of hydrogen-bond acceptors (Lipinski definition) is 5. The van der Waals surface area contributed by atoms with Crippen molar-refractivity contribution in [2.45, 2.75) is 26.9 Å². The smallest absolute Gasteiger partial charge is 0.194 e. The summed E-state index contributed by atoms with van der Waals surface area (Å²) in [6.07, 6.45) is 1.54. The van der Waals surface area contributed by atoms with Crippen molar-refractivity contribution in [1.82, 2.24) is 25.0 Å². The van der Waals surface area contributed by atoms with Gasteiger partial charge in [-0.15, -0.1) is 0 Å². The molecule has 0 aliphatic heterocycles. The number of rotatable bonds is 7. The van der Waals surface area contributed by atoms with Gasteiger partial charge in [-0.1, -0.05) is 0 Å². The molecule has 0 radical (unpaired) electrons. The average Bonchev–Trinajstić information content (AvgIpc) is 3.04. The van der Waals surface area contributed by atoms with E-state index in [1.165, 1.54) is 6.33 Å². The summed E-state index contributed by atoms with van der Waals surface area (Å²) in [4.78, 5) is 11.0. The SMILES string of the molecule is CCNC(=NCc1ncnn1C)N(C)Cc1cc(OC)c(OC)cc1C. The highest BCUT2D eigenvalue weighted by Crippen LogP contribution is 2.30. The summed E-state index contributed by atoms with van der Waals surface area (Å²) in [6, 6.07) is 4.00. The number of nitrogens with one attached hydrogen (secondary N) is 1. The number of aromatic nitrogens is 3. The fourth-order valence-electron chi connectivity index (χ4n) is 2.60. The Morgan fingerprint density at radius 2 is 1.96 bits per heavy atom. The predicted molar refractivity (Wildman–Crippen MR) is 102 cm³/mol. The van der Waals surface area contributed by atoms with Crippen molar-refractivity contribution in [2.24, 2.45) is 12.0 Å². The maximum absolute atomic E-state index is 5.42. The van der Waals surface area contributed by atoms with Crippen molar-refractivity contribution in [1.29, 1.82) is 0 Å². The van der Waals surface area contributed by atoms with Crippen molar-refractivity contribution in [2.75, 3.05) is 27.8 Å². The summed E-state index contributed by atoms with van der Waals surface area (Å²) >= 11 is 0. The standard InChI is InChI=1S/C18H28N6O2/c1-7-19-18(20-10-17-21-12-22-24(17)4)23(3)11-14-9-16(26-6)15(25-5)8-13(14)2/h8-9,12H,7,10-11H2,1-6H3,(H,19,20). The Morgan fingerprint density at radius 3 is 2.54 bits per heavy atom. The van der Waals surface area contributed by atoms with Crippen LogP contribution in [-0.2, 0) is 20.1 Å². The quantitative estimate of drug-likeness (QED) is 0.599. The molecule has 0 saturated carbocycles. The van der Waals surface area contributed by atoms with Crippen molar-refractivity contribution in [3.63, 3.8) is 0 Å². The molecule has 0 unspecified atom stereocenters. The minimum Gasteiger partial charge on any atom is -0.493 e. The number of benzene rings is 1. The van der Waals surface area contributed by atoms with Crippen LogP contribution in [0.15, 0.2) is 23.5 Å². The molecule has 0 aliphatic carbocycles. The Kier molecular flexibility index (Phi) is 6.82. The van der Waals surface area contributed by atoms with Gasteiger partial charge in [0.15, 0.2) is 17.5 Å². The normalized spacial score (nSPS) is 11.4. The first-order chi connectivity index (χ1) is 12.5. The van der Waals surface area contributed by atoms with E-state index in [1.807, 2.05) is 33.2 Å². The third-order valence-electron chi connectivity index (χ3n) is 4.12. The summed E-state index contributed by atoms with van der Waals surface area (Å²) < 4.78 is 12.5. The lowest BCUT2D eigenvalue weighted by atomic mass is 10.1. The van der Waals surface area contributed by atoms with Gasteiger partial charge in [-0.3, -0.25) is 4.68 Å².